The smallest absolute Gasteiger partial charge is 0.176 e. The van der Waals surface area contributed by atoms with E-state index in [4.69, 9.17) is 4.74 Å². The summed E-state index contributed by atoms with van der Waals surface area (Å²) >= 11 is 1.32. The Morgan fingerprint density at radius 3 is 2.55 bits per heavy atom. The molecule has 0 aromatic rings. The minimum Gasteiger partial charge on any atom is -0.379 e. The fraction of sp³-hybridized carbons (Fsp3) is 0.875. The van der Waals surface area contributed by atoms with Gasteiger partial charge in [-0.1, -0.05) is 18.7 Å². The SMILES string of the molecule is CC(C)OCCC(C)SC=O. The first-order valence-electron chi connectivity index (χ1n) is 3.87. The molecule has 0 rings (SSSR count). The van der Waals surface area contributed by atoms with E-state index in [2.05, 4.69) is 0 Å². The zero-order valence-electron chi connectivity index (χ0n) is 7.37. The zero-order chi connectivity index (χ0) is 8.69. The van der Waals surface area contributed by atoms with E-state index in [0.717, 1.165) is 18.6 Å². The van der Waals surface area contributed by atoms with Crippen molar-refractivity contribution < 1.29 is 9.53 Å². The molecule has 2 nitrogen and oxygen atoms in total. The van der Waals surface area contributed by atoms with Gasteiger partial charge in [0.1, 0.15) is 0 Å². The molecular formula is C8H16O2S. The maximum Gasteiger partial charge on any atom is 0.176 e. The van der Waals surface area contributed by atoms with E-state index in [9.17, 15) is 4.79 Å². The molecule has 0 saturated carbocycles. The Balaban J connectivity index is 3.16. The van der Waals surface area contributed by atoms with Crippen LogP contribution < -0.4 is 0 Å². The molecule has 0 aromatic carbocycles. The maximum atomic E-state index is 10.0. The second-order valence-corrected chi connectivity index (χ2v) is 4.02. The first kappa shape index (κ1) is 11.0. The lowest BCUT2D eigenvalue weighted by Crippen LogP contribution is -2.08. The van der Waals surface area contributed by atoms with Crippen LogP contribution in [0.25, 0.3) is 0 Å². The van der Waals surface area contributed by atoms with Crippen molar-refractivity contribution in [3.05, 3.63) is 0 Å². The molecule has 0 aliphatic carbocycles. The van der Waals surface area contributed by atoms with Crippen molar-refractivity contribution in [3.63, 3.8) is 0 Å². The molecule has 0 aliphatic rings. The summed E-state index contributed by atoms with van der Waals surface area (Å²) in [5.41, 5.74) is 0.889. The van der Waals surface area contributed by atoms with Gasteiger partial charge < -0.3 is 4.74 Å². The van der Waals surface area contributed by atoms with Gasteiger partial charge in [0.25, 0.3) is 0 Å². The van der Waals surface area contributed by atoms with E-state index >= 15 is 0 Å². The number of carbonyl (C=O) groups is 1. The van der Waals surface area contributed by atoms with Crippen LogP contribution >= 0.6 is 11.8 Å². The summed E-state index contributed by atoms with van der Waals surface area (Å²) in [4.78, 5) is 10.0. The molecule has 0 spiro atoms. The standard InChI is InChI=1S/C8H16O2S/c1-7(2)10-5-4-8(3)11-6-9/h6-8H,4-5H2,1-3H3. The molecule has 11 heavy (non-hydrogen) atoms. The van der Waals surface area contributed by atoms with Crippen LogP contribution in [-0.2, 0) is 9.53 Å². The number of hydrogen-bond donors (Lipinski definition) is 0. The summed E-state index contributed by atoms with van der Waals surface area (Å²) < 4.78 is 5.33. The summed E-state index contributed by atoms with van der Waals surface area (Å²) in [7, 11) is 0. The summed E-state index contributed by atoms with van der Waals surface area (Å²) in [6.45, 7) is 6.80. The number of thioether (sulfide) groups is 1. The van der Waals surface area contributed by atoms with E-state index in [1.54, 1.807) is 0 Å². The van der Waals surface area contributed by atoms with Crippen molar-refractivity contribution in [1.82, 2.24) is 0 Å². The van der Waals surface area contributed by atoms with Gasteiger partial charge in [0.2, 0.25) is 0 Å². The van der Waals surface area contributed by atoms with Gasteiger partial charge in [-0.15, -0.1) is 0 Å². The number of hydrogen-bond acceptors (Lipinski definition) is 3. The van der Waals surface area contributed by atoms with Gasteiger partial charge in [0.05, 0.1) is 6.10 Å². The molecule has 0 heterocycles. The van der Waals surface area contributed by atoms with Gasteiger partial charge in [-0.2, -0.15) is 0 Å². The quantitative estimate of drug-likeness (QED) is 0.580. The second-order valence-electron chi connectivity index (χ2n) is 2.75. The molecule has 0 N–H and O–H groups in total. The lowest BCUT2D eigenvalue weighted by atomic mass is 10.3. The molecule has 0 aromatic heterocycles. The van der Waals surface area contributed by atoms with Crippen LogP contribution in [0.1, 0.15) is 27.2 Å². The largest absolute Gasteiger partial charge is 0.379 e. The Hall–Kier alpha value is -0.0200. The number of ether oxygens (including phenoxy) is 1. The molecule has 3 heteroatoms. The van der Waals surface area contributed by atoms with E-state index in [-0.39, 0.29) is 0 Å². The summed E-state index contributed by atoms with van der Waals surface area (Å²) in [5.74, 6) is 0. The Bertz CT molecular complexity index is 104. The predicted molar refractivity (Wildman–Crippen MR) is 49.5 cm³/mol. The topological polar surface area (TPSA) is 26.3 Å². The van der Waals surface area contributed by atoms with Crippen LogP contribution in [0, 0.1) is 0 Å². The van der Waals surface area contributed by atoms with E-state index in [1.807, 2.05) is 20.8 Å². The molecule has 0 bridgehead atoms. The Morgan fingerprint density at radius 1 is 1.45 bits per heavy atom. The first-order valence-corrected chi connectivity index (χ1v) is 4.81. The average Bonchev–Trinajstić information content (AvgIpc) is 1.87. The first-order chi connectivity index (χ1) is 5.16. The zero-order valence-corrected chi connectivity index (χ0v) is 8.19. The van der Waals surface area contributed by atoms with Crippen LogP contribution in [0.5, 0.6) is 0 Å². The number of carbonyl (C=O) groups excluding carboxylic acids is 1. The predicted octanol–water partition coefficient (Wildman–Crippen LogP) is 2.11. The van der Waals surface area contributed by atoms with Crippen LogP contribution in [0.3, 0.4) is 0 Å². The van der Waals surface area contributed by atoms with Gasteiger partial charge in [0.15, 0.2) is 5.62 Å². The third kappa shape index (κ3) is 7.88. The third-order valence-electron chi connectivity index (χ3n) is 1.26. The van der Waals surface area contributed by atoms with Gasteiger partial charge in [-0.3, -0.25) is 4.79 Å². The van der Waals surface area contributed by atoms with Gasteiger partial charge in [0, 0.05) is 11.9 Å². The Morgan fingerprint density at radius 2 is 2.09 bits per heavy atom. The third-order valence-corrected chi connectivity index (χ3v) is 2.07. The monoisotopic (exact) mass is 176 g/mol. The highest BCUT2D eigenvalue weighted by Crippen LogP contribution is 2.10. The summed E-state index contributed by atoms with van der Waals surface area (Å²) in [5, 5.41) is 0.381. The fourth-order valence-corrected chi connectivity index (χ4v) is 1.05. The van der Waals surface area contributed by atoms with Crippen molar-refractivity contribution >= 4 is 17.4 Å². The van der Waals surface area contributed by atoms with Gasteiger partial charge in [-0.05, 0) is 20.3 Å². The molecule has 0 radical (unpaired) electrons. The Kier molecular flexibility index (Phi) is 6.66. The van der Waals surface area contributed by atoms with E-state index in [1.165, 1.54) is 11.8 Å². The minimum absolute atomic E-state index is 0.295. The summed E-state index contributed by atoms with van der Waals surface area (Å²) in [6, 6.07) is 0. The molecular weight excluding hydrogens is 160 g/mol. The molecule has 0 amide bonds. The van der Waals surface area contributed by atoms with Crippen LogP contribution in [0.15, 0.2) is 0 Å². The van der Waals surface area contributed by atoms with E-state index < -0.39 is 0 Å². The maximum absolute atomic E-state index is 10.0. The molecule has 0 saturated heterocycles. The fourth-order valence-electron chi connectivity index (χ4n) is 0.633. The van der Waals surface area contributed by atoms with Crippen molar-refractivity contribution in [2.75, 3.05) is 6.61 Å². The molecule has 0 fully saturated rings. The highest BCUT2D eigenvalue weighted by atomic mass is 32.2. The van der Waals surface area contributed by atoms with Crippen LogP contribution in [-0.4, -0.2) is 23.6 Å². The van der Waals surface area contributed by atoms with E-state index in [0.29, 0.717) is 11.4 Å². The molecule has 1 atom stereocenters. The van der Waals surface area contributed by atoms with Crippen molar-refractivity contribution in [2.24, 2.45) is 0 Å². The highest BCUT2D eigenvalue weighted by Gasteiger charge is 2.01. The van der Waals surface area contributed by atoms with Crippen molar-refractivity contribution in [1.29, 1.82) is 0 Å². The van der Waals surface area contributed by atoms with Gasteiger partial charge >= 0.3 is 0 Å². The number of rotatable bonds is 6. The minimum atomic E-state index is 0.295. The Labute approximate surface area is 72.7 Å². The van der Waals surface area contributed by atoms with Crippen molar-refractivity contribution in [2.45, 2.75) is 38.5 Å². The average molecular weight is 176 g/mol. The van der Waals surface area contributed by atoms with Crippen LogP contribution in [0.4, 0.5) is 0 Å². The lowest BCUT2D eigenvalue weighted by Gasteiger charge is -2.09. The van der Waals surface area contributed by atoms with Crippen LogP contribution in [0.2, 0.25) is 0 Å². The van der Waals surface area contributed by atoms with Gasteiger partial charge in [-0.25, -0.2) is 0 Å². The normalized spacial score (nSPS) is 13.5. The second kappa shape index (κ2) is 6.68. The molecule has 1 unspecified atom stereocenters. The lowest BCUT2D eigenvalue weighted by molar-refractivity contribution is 0.0774. The molecule has 66 valence electrons. The summed E-state index contributed by atoms with van der Waals surface area (Å²) in [6.07, 6.45) is 1.24. The van der Waals surface area contributed by atoms with Crippen molar-refractivity contribution in [3.8, 4) is 0 Å². The highest BCUT2D eigenvalue weighted by molar-refractivity contribution is 8.12. The molecule has 0 aliphatic heterocycles.